The van der Waals surface area contributed by atoms with E-state index in [1.807, 2.05) is 0 Å². The number of oxazole rings is 1. The predicted octanol–water partition coefficient (Wildman–Crippen LogP) is 3.43. The fourth-order valence-corrected chi connectivity index (χ4v) is 2.51. The number of nitrogens with zero attached hydrogens (tertiary/aromatic N) is 1. The molecule has 0 saturated heterocycles. The lowest BCUT2D eigenvalue weighted by atomic mass is 10.2. The number of carbonyl (C=O) groups is 1. The van der Waals surface area contributed by atoms with Gasteiger partial charge in [0.15, 0.2) is 5.82 Å². The Kier molecular flexibility index (Phi) is 3.49. The van der Waals surface area contributed by atoms with Gasteiger partial charge in [-0.2, -0.15) is 0 Å². The van der Waals surface area contributed by atoms with E-state index in [0.717, 1.165) is 11.8 Å². The van der Waals surface area contributed by atoms with E-state index in [1.54, 1.807) is 0 Å². The topological polar surface area (TPSA) is 63.3 Å². The van der Waals surface area contributed by atoms with Crippen molar-refractivity contribution in [3.63, 3.8) is 0 Å². The standard InChI is InChI=1S/C10H5BrFNO3S/c11-7-5(9(14)15)1-2-6(8(7)12)17-10-13-3-4-16-10/h1-4H,(H,14,15). The first kappa shape index (κ1) is 12.1. The van der Waals surface area contributed by atoms with E-state index in [1.165, 1.54) is 24.6 Å². The van der Waals surface area contributed by atoms with Crippen LogP contribution >= 0.6 is 27.7 Å². The summed E-state index contributed by atoms with van der Waals surface area (Å²) in [5.74, 6) is -1.84. The summed E-state index contributed by atoms with van der Waals surface area (Å²) in [6, 6.07) is 2.69. The SMILES string of the molecule is O=C(O)c1ccc(Sc2ncco2)c(F)c1Br. The molecule has 0 fully saturated rings. The molecule has 1 N–H and O–H groups in total. The Morgan fingerprint density at radius 2 is 2.29 bits per heavy atom. The lowest BCUT2D eigenvalue weighted by Gasteiger charge is -2.04. The molecule has 1 aromatic carbocycles. The molecule has 0 amide bonds. The summed E-state index contributed by atoms with van der Waals surface area (Å²) < 4.78 is 18.7. The molecule has 2 aromatic rings. The number of hydrogen-bond acceptors (Lipinski definition) is 4. The third kappa shape index (κ3) is 2.50. The van der Waals surface area contributed by atoms with Gasteiger partial charge >= 0.3 is 5.97 Å². The highest BCUT2D eigenvalue weighted by Crippen LogP contribution is 2.33. The minimum Gasteiger partial charge on any atom is -0.478 e. The average molecular weight is 318 g/mol. The molecule has 0 aliphatic rings. The third-order valence-electron chi connectivity index (χ3n) is 1.88. The number of halogens is 2. The highest BCUT2D eigenvalue weighted by Gasteiger charge is 2.17. The Morgan fingerprint density at radius 1 is 1.53 bits per heavy atom. The van der Waals surface area contributed by atoms with Crippen molar-refractivity contribution in [1.82, 2.24) is 4.98 Å². The average Bonchev–Trinajstić information content (AvgIpc) is 2.77. The Morgan fingerprint density at radius 3 is 2.88 bits per heavy atom. The number of carboxylic acids is 1. The minimum atomic E-state index is -1.19. The summed E-state index contributed by atoms with van der Waals surface area (Å²) >= 11 is 3.90. The number of hydrogen-bond donors (Lipinski definition) is 1. The molecule has 2 rings (SSSR count). The van der Waals surface area contributed by atoms with Crippen molar-refractivity contribution < 1.29 is 18.7 Å². The summed E-state index contributed by atoms with van der Waals surface area (Å²) in [4.78, 5) is 14.8. The summed E-state index contributed by atoms with van der Waals surface area (Å²) in [5, 5.41) is 9.09. The molecule has 4 nitrogen and oxygen atoms in total. The molecule has 1 heterocycles. The number of carboxylic acid groups (broad SMARTS) is 1. The van der Waals surface area contributed by atoms with Gasteiger partial charge < -0.3 is 9.52 Å². The van der Waals surface area contributed by atoms with Gasteiger partial charge in [0.1, 0.15) is 6.26 Å². The second-order valence-corrected chi connectivity index (χ2v) is 4.73. The van der Waals surface area contributed by atoms with E-state index < -0.39 is 11.8 Å². The van der Waals surface area contributed by atoms with Gasteiger partial charge in [-0.05, 0) is 39.8 Å². The molecule has 0 spiro atoms. The zero-order chi connectivity index (χ0) is 12.4. The smallest absolute Gasteiger partial charge is 0.336 e. The third-order valence-corrected chi connectivity index (χ3v) is 3.57. The predicted molar refractivity (Wildman–Crippen MR) is 61.7 cm³/mol. The first-order chi connectivity index (χ1) is 8.09. The molecule has 0 saturated carbocycles. The fraction of sp³-hybridized carbons (Fsp3) is 0. The molecule has 88 valence electrons. The van der Waals surface area contributed by atoms with Crippen molar-refractivity contribution >= 4 is 33.7 Å². The summed E-state index contributed by atoms with van der Waals surface area (Å²) in [6.45, 7) is 0. The number of aromatic carboxylic acids is 1. The van der Waals surface area contributed by atoms with Crippen LogP contribution in [0.15, 0.2) is 43.6 Å². The van der Waals surface area contributed by atoms with Crippen LogP contribution < -0.4 is 0 Å². The van der Waals surface area contributed by atoms with Crippen LogP contribution in [-0.2, 0) is 0 Å². The van der Waals surface area contributed by atoms with Crippen molar-refractivity contribution in [2.75, 3.05) is 0 Å². The lowest BCUT2D eigenvalue weighted by molar-refractivity contribution is 0.0695. The van der Waals surface area contributed by atoms with Crippen molar-refractivity contribution in [3.05, 3.63) is 40.4 Å². The molecular formula is C10H5BrFNO3S. The number of rotatable bonds is 3. The lowest BCUT2D eigenvalue weighted by Crippen LogP contribution is -2.00. The fourth-order valence-electron chi connectivity index (χ4n) is 1.13. The van der Waals surface area contributed by atoms with Gasteiger partial charge in [0, 0.05) is 0 Å². The van der Waals surface area contributed by atoms with Gasteiger partial charge in [0.2, 0.25) is 0 Å². The van der Waals surface area contributed by atoms with Crippen LogP contribution in [0.25, 0.3) is 0 Å². The van der Waals surface area contributed by atoms with Crippen molar-refractivity contribution in [2.24, 2.45) is 0 Å². The van der Waals surface area contributed by atoms with Gasteiger partial charge in [-0.15, -0.1) is 0 Å². The zero-order valence-electron chi connectivity index (χ0n) is 8.18. The van der Waals surface area contributed by atoms with Crippen LogP contribution in [0.2, 0.25) is 0 Å². The quantitative estimate of drug-likeness (QED) is 0.939. The second kappa shape index (κ2) is 4.89. The van der Waals surface area contributed by atoms with Crippen molar-refractivity contribution in [3.8, 4) is 0 Å². The van der Waals surface area contributed by atoms with Crippen LogP contribution in [0.4, 0.5) is 4.39 Å². The van der Waals surface area contributed by atoms with Crippen LogP contribution in [-0.4, -0.2) is 16.1 Å². The second-order valence-electron chi connectivity index (χ2n) is 2.94. The van der Waals surface area contributed by atoms with Gasteiger partial charge in [-0.3, -0.25) is 0 Å². The Hall–Kier alpha value is -1.34. The first-order valence-electron chi connectivity index (χ1n) is 4.38. The molecule has 0 aliphatic heterocycles. The Labute approximate surface area is 108 Å². The van der Waals surface area contributed by atoms with Crippen molar-refractivity contribution in [1.29, 1.82) is 0 Å². The van der Waals surface area contributed by atoms with Gasteiger partial charge in [0.05, 0.1) is 21.1 Å². The monoisotopic (exact) mass is 317 g/mol. The van der Waals surface area contributed by atoms with Crippen molar-refractivity contribution in [2.45, 2.75) is 10.1 Å². The van der Waals surface area contributed by atoms with Gasteiger partial charge in [-0.1, -0.05) is 0 Å². The van der Waals surface area contributed by atoms with E-state index >= 15 is 0 Å². The molecule has 0 radical (unpaired) electrons. The van der Waals surface area contributed by atoms with Crippen LogP contribution in [0.3, 0.4) is 0 Å². The first-order valence-corrected chi connectivity index (χ1v) is 5.99. The minimum absolute atomic E-state index is 0.0819. The molecule has 0 aliphatic carbocycles. The number of aromatic nitrogens is 1. The van der Waals surface area contributed by atoms with Gasteiger partial charge in [0.25, 0.3) is 5.22 Å². The maximum atomic E-state index is 13.8. The summed E-state index contributed by atoms with van der Waals surface area (Å²) in [5.41, 5.74) is -0.126. The number of benzene rings is 1. The van der Waals surface area contributed by atoms with E-state index in [4.69, 9.17) is 9.52 Å². The Balaban J connectivity index is 2.37. The highest BCUT2D eigenvalue weighted by atomic mass is 79.9. The molecule has 0 unspecified atom stereocenters. The molecule has 1 aromatic heterocycles. The molecular weight excluding hydrogens is 313 g/mol. The molecule has 7 heteroatoms. The molecule has 17 heavy (non-hydrogen) atoms. The van der Waals surface area contributed by atoms with E-state index in [0.29, 0.717) is 5.22 Å². The van der Waals surface area contributed by atoms with Crippen LogP contribution in [0, 0.1) is 5.82 Å². The normalized spacial score (nSPS) is 10.5. The highest BCUT2D eigenvalue weighted by molar-refractivity contribution is 9.10. The van der Waals surface area contributed by atoms with E-state index in [-0.39, 0.29) is 14.9 Å². The molecule has 0 bridgehead atoms. The van der Waals surface area contributed by atoms with Crippen LogP contribution in [0.1, 0.15) is 10.4 Å². The van der Waals surface area contributed by atoms with E-state index in [9.17, 15) is 9.18 Å². The van der Waals surface area contributed by atoms with Gasteiger partial charge in [-0.25, -0.2) is 14.2 Å². The molecule has 0 atom stereocenters. The Bertz CT molecular complexity index is 559. The largest absolute Gasteiger partial charge is 0.478 e. The summed E-state index contributed by atoms with van der Waals surface area (Å²) in [7, 11) is 0. The summed E-state index contributed by atoms with van der Waals surface area (Å²) in [6.07, 6.45) is 2.82. The maximum Gasteiger partial charge on any atom is 0.336 e. The van der Waals surface area contributed by atoms with Crippen LogP contribution in [0.5, 0.6) is 0 Å². The van der Waals surface area contributed by atoms with E-state index in [2.05, 4.69) is 20.9 Å². The zero-order valence-corrected chi connectivity index (χ0v) is 10.6. The maximum absolute atomic E-state index is 13.8.